The van der Waals surface area contributed by atoms with Crippen LogP contribution >= 0.6 is 0 Å². The Hall–Kier alpha value is -1.04. The van der Waals surface area contributed by atoms with Gasteiger partial charge in [0.1, 0.15) is 0 Å². The minimum absolute atomic E-state index is 0.176. The second-order valence-electron chi connectivity index (χ2n) is 7.48. The zero-order chi connectivity index (χ0) is 14.3. The topological polar surface area (TPSA) is 0 Å². The van der Waals surface area contributed by atoms with Gasteiger partial charge in [0.15, 0.2) is 0 Å². The zero-order valence-electron chi connectivity index (χ0n) is 13.4. The molecule has 0 nitrogen and oxygen atoms in total. The average molecular weight is 244 g/mol. The standard InChI is InChI=1S/C18H28/c1-12(2)15-10-14(17(4,5)6)11-16(13(15)3)18(7,8)9/h10-11H,1H2,2-9H3. The van der Waals surface area contributed by atoms with Gasteiger partial charge in [-0.05, 0) is 46.9 Å². The van der Waals surface area contributed by atoms with Gasteiger partial charge in [-0.2, -0.15) is 0 Å². The maximum atomic E-state index is 4.13. The van der Waals surface area contributed by atoms with Gasteiger partial charge in [-0.15, -0.1) is 0 Å². The van der Waals surface area contributed by atoms with Crippen molar-refractivity contribution in [3.8, 4) is 0 Å². The van der Waals surface area contributed by atoms with Crippen LogP contribution in [0, 0.1) is 6.92 Å². The third kappa shape index (κ3) is 3.04. The maximum Gasteiger partial charge on any atom is -0.0129 e. The average Bonchev–Trinajstić information content (AvgIpc) is 2.13. The second kappa shape index (κ2) is 4.57. The van der Waals surface area contributed by atoms with Crippen molar-refractivity contribution in [3.05, 3.63) is 41.0 Å². The van der Waals surface area contributed by atoms with Gasteiger partial charge in [-0.25, -0.2) is 0 Å². The lowest BCUT2D eigenvalue weighted by Gasteiger charge is -2.28. The minimum atomic E-state index is 0.176. The molecule has 0 fully saturated rings. The van der Waals surface area contributed by atoms with Crippen molar-refractivity contribution in [2.75, 3.05) is 0 Å². The van der Waals surface area contributed by atoms with Crippen molar-refractivity contribution in [1.29, 1.82) is 0 Å². The number of benzene rings is 1. The highest BCUT2D eigenvalue weighted by Crippen LogP contribution is 2.35. The first kappa shape index (κ1) is 15.0. The van der Waals surface area contributed by atoms with Crippen LogP contribution < -0.4 is 0 Å². The van der Waals surface area contributed by atoms with Crippen LogP contribution in [0.1, 0.15) is 70.7 Å². The SMILES string of the molecule is C=C(C)c1cc(C(C)(C)C)cc(C(C)(C)C)c1C. The van der Waals surface area contributed by atoms with Gasteiger partial charge in [-0.3, -0.25) is 0 Å². The summed E-state index contributed by atoms with van der Waals surface area (Å²) < 4.78 is 0. The highest BCUT2D eigenvalue weighted by molar-refractivity contribution is 5.67. The molecule has 0 saturated heterocycles. The Labute approximate surface area is 113 Å². The van der Waals surface area contributed by atoms with Crippen molar-refractivity contribution in [2.45, 2.75) is 66.2 Å². The Morgan fingerprint density at radius 1 is 0.944 bits per heavy atom. The van der Waals surface area contributed by atoms with E-state index in [-0.39, 0.29) is 10.8 Å². The van der Waals surface area contributed by atoms with Gasteiger partial charge in [0.25, 0.3) is 0 Å². The fraction of sp³-hybridized carbons (Fsp3) is 0.556. The summed E-state index contributed by atoms with van der Waals surface area (Å²) in [6.45, 7) is 22.1. The Kier molecular flexibility index (Phi) is 3.81. The van der Waals surface area contributed by atoms with E-state index in [4.69, 9.17) is 0 Å². The van der Waals surface area contributed by atoms with Crippen molar-refractivity contribution in [2.24, 2.45) is 0 Å². The summed E-state index contributed by atoms with van der Waals surface area (Å²) in [4.78, 5) is 0. The number of hydrogen-bond acceptors (Lipinski definition) is 0. The van der Waals surface area contributed by atoms with E-state index in [1.54, 1.807) is 0 Å². The molecule has 18 heavy (non-hydrogen) atoms. The van der Waals surface area contributed by atoms with Crippen LogP contribution in [0.3, 0.4) is 0 Å². The molecule has 100 valence electrons. The Bertz CT molecular complexity index is 462. The maximum absolute atomic E-state index is 4.13. The van der Waals surface area contributed by atoms with E-state index in [1.807, 2.05) is 0 Å². The van der Waals surface area contributed by atoms with Crippen molar-refractivity contribution in [1.82, 2.24) is 0 Å². The van der Waals surface area contributed by atoms with E-state index >= 15 is 0 Å². The number of rotatable bonds is 1. The van der Waals surface area contributed by atoms with E-state index in [0.29, 0.717) is 0 Å². The first-order chi connectivity index (χ1) is 7.94. The lowest BCUT2D eigenvalue weighted by atomic mass is 9.76. The fourth-order valence-electron chi connectivity index (χ4n) is 2.37. The lowest BCUT2D eigenvalue weighted by molar-refractivity contribution is 0.565. The number of hydrogen-bond donors (Lipinski definition) is 0. The molecule has 0 aliphatic rings. The molecule has 0 unspecified atom stereocenters. The van der Waals surface area contributed by atoms with Gasteiger partial charge in [0.05, 0.1) is 0 Å². The van der Waals surface area contributed by atoms with Crippen LogP contribution in [-0.2, 0) is 10.8 Å². The summed E-state index contributed by atoms with van der Waals surface area (Å²) in [7, 11) is 0. The predicted molar refractivity (Wildman–Crippen MR) is 83.3 cm³/mol. The molecule has 0 heterocycles. The van der Waals surface area contributed by atoms with Crippen LogP contribution in [0.2, 0.25) is 0 Å². The molecule has 0 aliphatic heterocycles. The van der Waals surface area contributed by atoms with Gasteiger partial charge < -0.3 is 0 Å². The Morgan fingerprint density at radius 2 is 1.44 bits per heavy atom. The molecule has 0 saturated carbocycles. The van der Waals surface area contributed by atoms with Gasteiger partial charge in [0.2, 0.25) is 0 Å². The number of allylic oxidation sites excluding steroid dienone is 1. The van der Waals surface area contributed by atoms with E-state index in [2.05, 4.69) is 74.1 Å². The molecule has 0 bridgehead atoms. The lowest BCUT2D eigenvalue weighted by Crippen LogP contribution is -2.18. The second-order valence-corrected chi connectivity index (χ2v) is 7.48. The molecule has 1 aromatic carbocycles. The van der Waals surface area contributed by atoms with Crippen molar-refractivity contribution >= 4 is 5.57 Å². The molecule has 0 aliphatic carbocycles. The van der Waals surface area contributed by atoms with Gasteiger partial charge >= 0.3 is 0 Å². The zero-order valence-corrected chi connectivity index (χ0v) is 13.4. The monoisotopic (exact) mass is 244 g/mol. The van der Waals surface area contributed by atoms with E-state index in [9.17, 15) is 0 Å². The first-order valence-electron chi connectivity index (χ1n) is 6.76. The molecule has 0 aromatic heterocycles. The molecule has 0 N–H and O–H groups in total. The molecular weight excluding hydrogens is 216 g/mol. The minimum Gasteiger partial charge on any atom is -0.0955 e. The van der Waals surface area contributed by atoms with Gasteiger partial charge in [0, 0.05) is 0 Å². The molecule has 1 rings (SSSR count). The van der Waals surface area contributed by atoms with Crippen LogP contribution in [0.5, 0.6) is 0 Å². The van der Waals surface area contributed by atoms with Gasteiger partial charge in [-0.1, -0.05) is 65.8 Å². The van der Waals surface area contributed by atoms with Crippen LogP contribution in [0.25, 0.3) is 5.57 Å². The third-order valence-corrected chi connectivity index (χ3v) is 3.54. The highest BCUT2D eigenvalue weighted by Gasteiger charge is 2.23. The molecule has 0 radical (unpaired) electrons. The van der Waals surface area contributed by atoms with Crippen molar-refractivity contribution < 1.29 is 0 Å². The third-order valence-electron chi connectivity index (χ3n) is 3.54. The molecule has 0 heteroatoms. The normalized spacial score (nSPS) is 12.7. The fourth-order valence-corrected chi connectivity index (χ4v) is 2.37. The van der Waals surface area contributed by atoms with Crippen LogP contribution in [0.15, 0.2) is 18.7 Å². The van der Waals surface area contributed by atoms with E-state index in [1.165, 1.54) is 22.3 Å². The molecular formula is C18H28. The molecule has 0 atom stereocenters. The highest BCUT2D eigenvalue weighted by atomic mass is 14.3. The molecule has 0 amide bonds. The molecule has 0 spiro atoms. The summed E-state index contributed by atoms with van der Waals surface area (Å²) in [6.07, 6.45) is 0. The first-order valence-corrected chi connectivity index (χ1v) is 6.76. The summed E-state index contributed by atoms with van der Waals surface area (Å²) >= 11 is 0. The summed E-state index contributed by atoms with van der Waals surface area (Å²) in [5.41, 5.74) is 7.04. The Balaban J connectivity index is 3.63. The quantitative estimate of drug-likeness (QED) is 0.601. The van der Waals surface area contributed by atoms with Crippen LogP contribution in [-0.4, -0.2) is 0 Å². The largest absolute Gasteiger partial charge is 0.0955 e. The Morgan fingerprint density at radius 3 is 1.78 bits per heavy atom. The van der Waals surface area contributed by atoms with Crippen molar-refractivity contribution in [3.63, 3.8) is 0 Å². The predicted octanol–water partition coefficient (Wildman–Crippen LogP) is 5.62. The van der Waals surface area contributed by atoms with E-state index in [0.717, 1.165) is 5.57 Å². The van der Waals surface area contributed by atoms with Crippen LogP contribution in [0.4, 0.5) is 0 Å². The summed E-state index contributed by atoms with van der Waals surface area (Å²) in [5, 5.41) is 0. The summed E-state index contributed by atoms with van der Waals surface area (Å²) in [6, 6.07) is 4.69. The smallest absolute Gasteiger partial charge is 0.0129 e. The summed E-state index contributed by atoms with van der Waals surface area (Å²) in [5.74, 6) is 0. The molecule has 1 aromatic rings. The van der Waals surface area contributed by atoms with E-state index < -0.39 is 0 Å².